The van der Waals surface area contributed by atoms with Crippen LogP contribution in [0.2, 0.25) is 0 Å². The highest BCUT2D eigenvalue weighted by atomic mass is 16.5. The molecule has 1 N–H and O–H groups in total. The molecule has 1 aromatic heterocycles. The van der Waals surface area contributed by atoms with Crippen molar-refractivity contribution >= 4 is 0 Å². The van der Waals surface area contributed by atoms with Crippen LogP contribution in [-0.2, 0) is 0 Å². The SMILES string of the molecule is CNC1CCCCC1Oc1ncc(C)cn1. The molecule has 1 fully saturated rings. The van der Waals surface area contributed by atoms with Gasteiger partial charge in [-0.05, 0) is 38.8 Å². The molecule has 0 radical (unpaired) electrons. The monoisotopic (exact) mass is 221 g/mol. The van der Waals surface area contributed by atoms with Crippen molar-refractivity contribution in [2.45, 2.75) is 44.8 Å². The molecule has 0 amide bonds. The van der Waals surface area contributed by atoms with Gasteiger partial charge in [0.05, 0.1) is 0 Å². The van der Waals surface area contributed by atoms with Crippen LogP contribution < -0.4 is 10.1 Å². The molecular weight excluding hydrogens is 202 g/mol. The highest BCUT2D eigenvalue weighted by Crippen LogP contribution is 2.21. The molecule has 4 nitrogen and oxygen atoms in total. The summed E-state index contributed by atoms with van der Waals surface area (Å²) in [6, 6.07) is 0.927. The molecule has 0 bridgehead atoms. The fraction of sp³-hybridized carbons (Fsp3) is 0.667. The van der Waals surface area contributed by atoms with E-state index >= 15 is 0 Å². The van der Waals surface area contributed by atoms with Crippen LogP contribution in [0.25, 0.3) is 0 Å². The number of rotatable bonds is 3. The smallest absolute Gasteiger partial charge is 0.316 e. The van der Waals surface area contributed by atoms with Crippen molar-refractivity contribution in [2.75, 3.05) is 7.05 Å². The normalized spacial score (nSPS) is 25.4. The van der Waals surface area contributed by atoms with Crippen molar-refractivity contribution in [1.82, 2.24) is 15.3 Å². The number of ether oxygens (including phenoxy) is 1. The maximum Gasteiger partial charge on any atom is 0.316 e. The van der Waals surface area contributed by atoms with Gasteiger partial charge in [-0.15, -0.1) is 0 Å². The van der Waals surface area contributed by atoms with Crippen molar-refractivity contribution in [1.29, 1.82) is 0 Å². The van der Waals surface area contributed by atoms with Crippen LogP contribution >= 0.6 is 0 Å². The lowest BCUT2D eigenvalue weighted by molar-refractivity contribution is 0.107. The Morgan fingerprint density at radius 2 is 1.94 bits per heavy atom. The minimum absolute atomic E-state index is 0.210. The summed E-state index contributed by atoms with van der Waals surface area (Å²) in [6.45, 7) is 1.97. The second kappa shape index (κ2) is 5.25. The molecule has 0 saturated heterocycles. The summed E-state index contributed by atoms with van der Waals surface area (Å²) in [6.07, 6.45) is 8.56. The zero-order valence-corrected chi connectivity index (χ0v) is 9.94. The van der Waals surface area contributed by atoms with Crippen LogP contribution in [0, 0.1) is 6.92 Å². The second-order valence-corrected chi connectivity index (χ2v) is 4.38. The average molecular weight is 221 g/mol. The number of likely N-dealkylation sites (N-methyl/N-ethyl adjacent to an activating group) is 1. The van der Waals surface area contributed by atoms with Crippen LogP contribution in [0.1, 0.15) is 31.2 Å². The molecule has 88 valence electrons. The van der Waals surface area contributed by atoms with Crippen molar-refractivity contribution in [3.8, 4) is 6.01 Å². The number of nitrogens with one attached hydrogen (secondary N) is 1. The molecule has 0 aliphatic heterocycles. The molecule has 2 atom stereocenters. The molecule has 1 aromatic rings. The molecule has 0 spiro atoms. The first-order valence-electron chi connectivity index (χ1n) is 5.92. The standard InChI is InChI=1S/C12H19N3O/c1-9-7-14-12(15-8-9)16-11-6-4-3-5-10(11)13-2/h7-8,10-11,13H,3-6H2,1-2H3. The van der Waals surface area contributed by atoms with Gasteiger partial charge in [0, 0.05) is 18.4 Å². The van der Waals surface area contributed by atoms with E-state index in [2.05, 4.69) is 15.3 Å². The van der Waals surface area contributed by atoms with E-state index in [0.717, 1.165) is 12.0 Å². The van der Waals surface area contributed by atoms with Gasteiger partial charge in [0.25, 0.3) is 0 Å². The summed E-state index contributed by atoms with van der Waals surface area (Å²) < 4.78 is 5.83. The maximum absolute atomic E-state index is 5.83. The molecule has 1 heterocycles. The van der Waals surface area contributed by atoms with Gasteiger partial charge in [-0.2, -0.15) is 0 Å². The summed E-state index contributed by atoms with van der Waals surface area (Å²) in [5.74, 6) is 0. The van der Waals surface area contributed by atoms with Crippen molar-refractivity contribution < 1.29 is 4.74 Å². The summed E-state index contributed by atoms with van der Waals surface area (Å²) in [5.41, 5.74) is 1.06. The number of hydrogen-bond acceptors (Lipinski definition) is 4. The predicted molar refractivity (Wildman–Crippen MR) is 62.5 cm³/mol. The van der Waals surface area contributed by atoms with Gasteiger partial charge in [0.15, 0.2) is 0 Å². The lowest BCUT2D eigenvalue weighted by Crippen LogP contribution is -2.43. The third kappa shape index (κ3) is 2.70. The van der Waals surface area contributed by atoms with E-state index in [4.69, 9.17) is 4.74 Å². The van der Waals surface area contributed by atoms with Gasteiger partial charge in [-0.1, -0.05) is 6.42 Å². The molecule has 1 aliphatic carbocycles. The molecule has 16 heavy (non-hydrogen) atoms. The fourth-order valence-corrected chi connectivity index (χ4v) is 2.15. The van der Waals surface area contributed by atoms with Crippen LogP contribution in [0.4, 0.5) is 0 Å². The molecule has 2 rings (SSSR count). The molecule has 4 heteroatoms. The van der Waals surface area contributed by atoms with E-state index in [0.29, 0.717) is 12.1 Å². The predicted octanol–water partition coefficient (Wildman–Crippen LogP) is 1.69. The third-order valence-corrected chi connectivity index (χ3v) is 3.09. The Morgan fingerprint density at radius 1 is 1.25 bits per heavy atom. The molecular formula is C12H19N3O. The van der Waals surface area contributed by atoms with Crippen LogP contribution in [0.3, 0.4) is 0 Å². The Kier molecular flexibility index (Phi) is 3.72. The van der Waals surface area contributed by atoms with Crippen molar-refractivity contribution in [2.24, 2.45) is 0 Å². The highest BCUT2D eigenvalue weighted by Gasteiger charge is 2.25. The van der Waals surface area contributed by atoms with Crippen LogP contribution in [0.5, 0.6) is 6.01 Å². The summed E-state index contributed by atoms with van der Waals surface area (Å²) in [5, 5.41) is 3.31. The summed E-state index contributed by atoms with van der Waals surface area (Å²) in [7, 11) is 1.99. The van der Waals surface area contributed by atoms with E-state index < -0.39 is 0 Å². The van der Waals surface area contributed by atoms with Gasteiger partial charge in [0.2, 0.25) is 0 Å². The summed E-state index contributed by atoms with van der Waals surface area (Å²) >= 11 is 0. The van der Waals surface area contributed by atoms with Gasteiger partial charge >= 0.3 is 6.01 Å². The minimum atomic E-state index is 0.210. The topological polar surface area (TPSA) is 47.0 Å². The minimum Gasteiger partial charge on any atom is -0.458 e. The zero-order chi connectivity index (χ0) is 11.4. The Labute approximate surface area is 96.4 Å². The van der Waals surface area contributed by atoms with Crippen LogP contribution in [0.15, 0.2) is 12.4 Å². The highest BCUT2D eigenvalue weighted by molar-refractivity contribution is 5.05. The number of nitrogens with zero attached hydrogens (tertiary/aromatic N) is 2. The van der Waals surface area contributed by atoms with Gasteiger partial charge in [-0.3, -0.25) is 0 Å². The lowest BCUT2D eigenvalue weighted by Gasteiger charge is -2.30. The summed E-state index contributed by atoms with van der Waals surface area (Å²) in [4.78, 5) is 8.36. The second-order valence-electron chi connectivity index (χ2n) is 4.38. The third-order valence-electron chi connectivity index (χ3n) is 3.09. The van der Waals surface area contributed by atoms with E-state index in [1.165, 1.54) is 19.3 Å². The lowest BCUT2D eigenvalue weighted by atomic mass is 9.92. The van der Waals surface area contributed by atoms with Gasteiger partial charge < -0.3 is 10.1 Å². The molecule has 0 aromatic carbocycles. The number of aromatic nitrogens is 2. The fourth-order valence-electron chi connectivity index (χ4n) is 2.15. The van der Waals surface area contributed by atoms with Gasteiger partial charge in [0.1, 0.15) is 6.10 Å². The Balaban J connectivity index is 1.99. The van der Waals surface area contributed by atoms with E-state index in [1.807, 2.05) is 14.0 Å². The number of hydrogen-bond donors (Lipinski definition) is 1. The number of aryl methyl sites for hydroxylation is 1. The van der Waals surface area contributed by atoms with E-state index in [-0.39, 0.29) is 6.10 Å². The maximum atomic E-state index is 5.83. The molecule has 1 aliphatic rings. The van der Waals surface area contributed by atoms with E-state index in [9.17, 15) is 0 Å². The van der Waals surface area contributed by atoms with Crippen LogP contribution in [-0.4, -0.2) is 29.2 Å². The first kappa shape index (κ1) is 11.3. The molecule has 2 unspecified atom stereocenters. The van der Waals surface area contributed by atoms with Crippen molar-refractivity contribution in [3.05, 3.63) is 18.0 Å². The van der Waals surface area contributed by atoms with Crippen molar-refractivity contribution in [3.63, 3.8) is 0 Å². The average Bonchev–Trinajstić information content (AvgIpc) is 2.33. The Bertz CT molecular complexity index is 326. The first-order valence-corrected chi connectivity index (χ1v) is 5.92. The molecule has 1 saturated carbocycles. The van der Waals surface area contributed by atoms with E-state index in [1.54, 1.807) is 12.4 Å². The first-order chi connectivity index (χ1) is 7.79. The Hall–Kier alpha value is -1.16. The Morgan fingerprint density at radius 3 is 2.62 bits per heavy atom. The zero-order valence-electron chi connectivity index (χ0n) is 9.94. The quantitative estimate of drug-likeness (QED) is 0.843. The van der Waals surface area contributed by atoms with Gasteiger partial charge in [-0.25, -0.2) is 9.97 Å². The largest absolute Gasteiger partial charge is 0.458 e.